The molecule has 22 heavy (non-hydrogen) atoms. The third-order valence-corrected chi connectivity index (χ3v) is 4.50. The Balaban J connectivity index is 2.39. The molecule has 0 aromatic heterocycles. The van der Waals surface area contributed by atoms with Gasteiger partial charge in [0.05, 0.1) is 15.5 Å². The van der Waals surface area contributed by atoms with Gasteiger partial charge in [0.1, 0.15) is 5.82 Å². The molecule has 2 rings (SSSR count). The van der Waals surface area contributed by atoms with Crippen LogP contribution in [0.15, 0.2) is 41.3 Å². The molecule has 0 aliphatic carbocycles. The van der Waals surface area contributed by atoms with Crippen molar-refractivity contribution in [3.63, 3.8) is 0 Å². The number of amides is 1. The third-order valence-electron chi connectivity index (χ3n) is 3.06. The van der Waals surface area contributed by atoms with E-state index in [-0.39, 0.29) is 15.5 Å². The van der Waals surface area contributed by atoms with Crippen molar-refractivity contribution in [1.29, 1.82) is 0 Å². The average molecular weight is 342 g/mol. The zero-order valence-corrected chi connectivity index (χ0v) is 13.4. The van der Waals surface area contributed by atoms with Crippen molar-refractivity contribution in [1.82, 2.24) is 0 Å². The number of benzene rings is 2. The molecule has 0 fully saturated rings. The van der Waals surface area contributed by atoms with Gasteiger partial charge in [-0.3, -0.25) is 4.79 Å². The van der Waals surface area contributed by atoms with E-state index >= 15 is 0 Å². The number of carbonyl (C=O) groups excluding carboxylic acids is 1. The van der Waals surface area contributed by atoms with Gasteiger partial charge in [-0.1, -0.05) is 17.7 Å². The standard InChI is InChI=1S/C15H13ClFNO3S/c1-9-3-4-10(17)7-14(9)18-15(19)12-8-11(22(2,20)21)5-6-13(12)16/h3-8H,1-2H3,(H,18,19). The monoisotopic (exact) mass is 341 g/mol. The Bertz CT molecular complexity index is 850. The summed E-state index contributed by atoms with van der Waals surface area (Å²) in [6, 6.07) is 7.85. The SMILES string of the molecule is Cc1ccc(F)cc1NC(=O)c1cc(S(C)(=O)=O)ccc1Cl. The van der Waals surface area contributed by atoms with E-state index in [4.69, 9.17) is 11.6 Å². The highest BCUT2D eigenvalue weighted by Gasteiger charge is 2.16. The molecule has 116 valence electrons. The van der Waals surface area contributed by atoms with Gasteiger partial charge < -0.3 is 5.32 Å². The molecule has 4 nitrogen and oxygen atoms in total. The van der Waals surface area contributed by atoms with Crippen LogP contribution in [0.2, 0.25) is 5.02 Å². The molecule has 2 aromatic rings. The number of hydrogen-bond donors (Lipinski definition) is 1. The molecule has 1 amide bonds. The van der Waals surface area contributed by atoms with Crippen LogP contribution in [-0.2, 0) is 9.84 Å². The van der Waals surface area contributed by atoms with Gasteiger partial charge >= 0.3 is 0 Å². The van der Waals surface area contributed by atoms with Gasteiger partial charge in [0, 0.05) is 11.9 Å². The lowest BCUT2D eigenvalue weighted by Crippen LogP contribution is -2.14. The van der Waals surface area contributed by atoms with E-state index < -0.39 is 21.6 Å². The van der Waals surface area contributed by atoms with Crippen LogP contribution in [-0.4, -0.2) is 20.6 Å². The highest BCUT2D eigenvalue weighted by Crippen LogP contribution is 2.23. The van der Waals surface area contributed by atoms with Crippen molar-refractivity contribution >= 4 is 33.0 Å². The number of nitrogens with one attached hydrogen (secondary N) is 1. The second-order valence-electron chi connectivity index (χ2n) is 4.83. The fourth-order valence-corrected chi connectivity index (χ4v) is 2.68. The summed E-state index contributed by atoms with van der Waals surface area (Å²) < 4.78 is 36.3. The van der Waals surface area contributed by atoms with Gasteiger partial charge in [-0.05, 0) is 42.8 Å². The quantitative estimate of drug-likeness (QED) is 0.930. The Morgan fingerprint density at radius 1 is 1.18 bits per heavy atom. The predicted octanol–water partition coefficient (Wildman–Crippen LogP) is 3.44. The number of carbonyl (C=O) groups is 1. The van der Waals surface area contributed by atoms with Gasteiger partial charge in [0.25, 0.3) is 5.91 Å². The molecular formula is C15H13ClFNO3S. The predicted molar refractivity (Wildman–Crippen MR) is 83.7 cm³/mol. The maximum absolute atomic E-state index is 13.2. The number of rotatable bonds is 3. The molecule has 0 saturated carbocycles. The molecule has 0 aliphatic heterocycles. The van der Waals surface area contributed by atoms with Crippen LogP contribution in [0.4, 0.5) is 10.1 Å². The van der Waals surface area contributed by atoms with E-state index in [2.05, 4.69) is 5.32 Å². The lowest BCUT2D eigenvalue weighted by atomic mass is 10.1. The lowest BCUT2D eigenvalue weighted by Gasteiger charge is -2.10. The van der Waals surface area contributed by atoms with Crippen molar-refractivity contribution < 1.29 is 17.6 Å². The van der Waals surface area contributed by atoms with Crippen molar-refractivity contribution in [2.24, 2.45) is 0 Å². The van der Waals surface area contributed by atoms with Crippen LogP contribution in [0.5, 0.6) is 0 Å². The molecular weight excluding hydrogens is 329 g/mol. The van der Waals surface area contributed by atoms with Crippen LogP contribution in [0.3, 0.4) is 0 Å². The number of halogens is 2. The molecule has 1 N–H and O–H groups in total. The van der Waals surface area contributed by atoms with Gasteiger partial charge in [-0.15, -0.1) is 0 Å². The first-order chi connectivity index (χ1) is 10.2. The van der Waals surface area contributed by atoms with Crippen molar-refractivity contribution in [2.45, 2.75) is 11.8 Å². The molecule has 0 atom stereocenters. The van der Waals surface area contributed by atoms with Crippen LogP contribution in [0, 0.1) is 12.7 Å². The van der Waals surface area contributed by atoms with Crippen LogP contribution >= 0.6 is 11.6 Å². The summed E-state index contributed by atoms with van der Waals surface area (Å²) in [5, 5.41) is 2.64. The zero-order chi connectivity index (χ0) is 16.5. The van der Waals surface area contributed by atoms with Crippen molar-refractivity contribution in [2.75, 3.05) is 11.6 Å². The summed E-state index contributed by atoms with van der Waals surface area (Å²) in [5.74, 6) is -1.10. The Morgan fingerprint density at radius 3 is 2.50 bits per heavy atom. The first kappa shape index (κ1) is 16.5. The fraction of sp³-hybridized carbons (Fsp3) is 0.133. The highest BCUT2D eigenvalue weighted by molar-refractivity contribution is 7.90. The minimum atomic E-state index is -3.46. The van der Waals surface area contributed by atoms with Crippen molar-refractivity contribution in [3.05, 3.63) is 58.4 Å². The van der Waals surface area contributed by atoms with Gasteiger partial charge in [-0.2, -0.15) is 0 Å². The topological polar surface area (TPSA) is 63.2 Å². The fourth-order valence-electron chi connectivity index (χ4n) is 1.83. The Kier molecular flexibility index (Phi) is 4.53. The molecule has 0 aliphatic rings. The van der Waals surface area contributed by atoms with Crippen LogP contribution in [0.1, 0.15) is 15.9 Å². The lowest BCUT2D eigenvalue weighted by molar-refractivity contribution is 0.102. The summed E-state index contributed by atoms with van der Waals surface area (Å²) in [5.41, 5.74) is 0.976. The van der Waals surface area contributed by atoms with E-state index in [1.165, 1.54) is 36.4 Å². The molecule has 0 spiro atoms. The Labute approximate surface area is 132 Å². The second kappa shape index (κ2) is 6.06. The summed E-state index contributed by atoms with van der Waals surface area (Å²) in [7, 11) is -3.46. The number of anilines is 1. The summed E-state index contributed by atoms with van der Waals surface area (Å²) in [6.45, 7) is 1.71. The van der Waals surface area contributed by atoms with Crippen molar-refractivity contribution in [3.8, 4) is 0 Å². The zero-order valence-electron chi connectivity index (χ0n) is 11.9. The van der Waals surface area contributed by atoms with E-state index in [1.807, 2.05) is 0 Å². The Hall–Kier alpha value is -1.92. The summed E-state index contributed by atoms with van der Waals surface area (Å²) in [6.07, 6.45) is 1.04. The molecule has 0 unspecified atom stereocenters. The maximum atomic E-state index is 13.2. The van der Waals surface area contributed by atoms with E-state index in [9.17, 15) is 17.6 Å². The maximum Gasteiger partial charge on any atom is 0.257 e. The van der Waals surface area contributed by atoms with E-state index in [0.717, 1.165) is 6.26 Å². The molecule has 0 heterocycles. The third kappa shape index (κ3) is 3.64. The molecule has 0 saturated heterocycles. The van der Waals surface area contributed by atoms with E-state index in [1.54, 1.807) is 6.92 Å². The first-order valence-electron chi connectivity index (χ1n) is 6.25. The number of aryl methyl sites for hydroxylation is 1. The molecule has 0 radical (unpaired) electrons. The smallest absolute Gasteiger partial charge is 0.257 e. The van der Waals surface area contributed by atoms with Gasteiger partial charge in [0.15, 0.2) is 9.84 Å². The summed E-state index contributed by atoms with van der Waals surface area (Å²) in [4.78, 5) is 12.2. The van der Waals surface area contributed by atoms with Crippen LogP contribution < -0.4 is 5.32 Å². The van der Waals surface area contributed by atoms with Gasteiger partial charge in [0.2, 0.25) is 0 Å². The normalized spacial score (nSPS) is 11.3. The largest absolute Gasteiger partial charge is 0.322 e. The second-order valence-corrected chi connectivity index (χ2v) is 7.25. The number of sulfone groups is 1. The molecule has 2 aromatic carbocycles. The molecule has 7 heteroatoms. The molecule has 0 bridgehead atoms. The minimum absolute atomic E-state index is 0.00764. The Morgan fingerprint density at radius 2 is 1.86 bits per heavy atom. The first-order valence-corrected chi connectivity index (χ1v) is 8.52. The van der Waals surface area contributed by atoms with Crippen LogP contribution in [0.25, 0.3) is 0 Å². The van der Waals surface area contributed by atoms with Gasteiger partial charge in [-0.25, -0.2) is 12.8 Å². The average Bonchev–Trinajstić information content (AvgIpc) is 2.42. The number of hydrogen-bond acceptors (Lipinski definition) is 3. The minimum Gasteiger partial charge on any atom is -0.322 e. The summed E-state index contributed by atoms with van der Waals surface area (Å²) >= 11 is 5.95. The van der Waals surface area contributed by atoms with E-state index in [0.29, 0.717) is 11.3 Å². The highest BCUT2D eigenvalue weighted by atomic mass is 35.5.